The predicted octanol–water partition coefficient (Wildman–Crippen LogP) is 3.67. The maximum atomic E-state index is 13.4. The molecule has 0 aliphatic carbocycles. The van der Waals surface area contributed by atoms with E-state index in [-0.39, 0.29) is 17.6 Å². The molecule has 148 valence electrons. The molecule has 0 bridgehead atoms. The van der Waals surface area contributed by atoms with Crippen molar-refractivity contribution in [2.45, 2.75) is 25.8 Å². The van der Waals surface area contributed by atoms with Crippen LogP contribution in [0.15, 0.2) is 42.6 Å². The highest BCUT2D eigenvalue weighted by atomic mass is 19.1. The van der Waals surface area contributed by atoms with Crippen molar-refractivity contribution in [2.24, 2.45) is 5.92 Å². The third-order valence-corrected chi connectivity index (χ3v) is 5.56. The first kappa shape index (κ1) is 18.0. The second-order valence-corrected chi connectivity index (χ2v) is 7.48. The number of hydrogen-bond donors (Lipinski definition) is 1. The van der Waals surface area contributed by atoms with Crippen LogP contribution < -0.4 is 5.32 Å². The van der Waals surface area contributed by atoms with Gasteiger partial charge in [-0.1, -0.05) is 0 Å². The standard InChI is InChI=1S/C22H21FN4O2/c23-17-5-3-14(4-6-17)21-20(18-2-1-10-27(18)26-21)15-7-9-24-19(12-15)25-22(28)16-8-11-29-13-16/h3-7,9,12,16H,1-2,8,10-11,13H2,(H,24,25,28). The van der Waals surface area contributed by atoms with Crippen LogP contribution in [-0.2, 0) is 22.5 Å². The van der Waals surface area contributed by atoms with Crippen molar-refractivity contribution < 1.29 is 13.9 Å². The van der Waals surface area contributed by atoms with E-state index in [0.29, 0.717) is 19.0 Å². The summed E-state index contributed by atoms with van der Waals surface area (Å²) < 4.78 is 20.7. The Morgan fingerprint density at radius 3 is 2.86 bits per heavy atom. The molecule has 6 nitrogen and oxygen atoms in total. The minimum absolute atomic E-state index is 0.0638. The summed E-state index contributed by atoms with van der Waals surface area (Å²) in [6, 6.07) is 10.2. The number of carbonyl (C=O) groups excluding carboxylic acids is 1. The van der Waals surface area contributed by atoms with Gasteiger partial charge in [-0.15, -0.1) is 0 Å². The number of nitrogens with one attached hydrogen (secondary N) is 1. The third kappa shape index (κ3) is 3.42. The summed E-state index contributed by atoms with van der Waals surface area (Å²) in [6.45, 7) is 1.95. The SMILES string of the molecule is O=C(Nc1cc(-c2c(-c3ccc(F)cc3)nn3c2CCC3)ccn1)C1CCOC1. The van der Waals surface area contributed by atoms with Gasteiger partial charge in [0.2, 0.25) is 5.91 Å². The molecule has 2 aromatic heterocycles. The molecule has 0 saturated carbocycles. The summed E-state index contributed by atoms with van der Waals surface area (Å²) in [5, 5.41) is 7.70. The number of rotatable bonds is 4. The summed E-state index contributed by atoms with van der Waals surface area (Å²) in [7, 11) is 0. The number of benzene rings is 1. The summed E-state index contributed by atoms with van der Waals surface area (Å²) in [5.41, 5.74) is 4.83. The third-order valence-electron chi connectivity index (χ3n) is 5.56. The van der Waals surface area contributed by atoms with Crippen LogP contribution in [0.5, 0.6) is 0 Å². The number of anilines is 1. The monoisotopic (exact) mass is 392 g/mol. The molecule has 1 N–H and O–H groups in total. The predicted molar refractivity (Wildman–Crippen MR) is 107 cm³/mol. The number of aromatic nitrogens is 3. The highest BCUT2D eigenvalue weighted by Gasteiger charge is 2.26. The fraction of sp³-hybridized carbons (Fsp3) is 0.318. The second-order valence-electron chi connectivity index (χ2n) is 7.48. The Balaban J connectivity index is 1.52. The van der Waals surface area contributed by atoms with E-state index < -0.39 is 0 Å². The molecule has 0 radical (unpaired) electrons. The first-order valence-corrected chi connectivity index (χ1v) is 9.90. The largest absolute Gasteiger partial charge is 0.381 e. The molecule has 2 aliphatic heterocycles. The van der Waals surface area contributed by atoms with Gasteiger partial charge in [0.1, 0.15) is 17.3 Å². The van der Waals surface area contributed by atoms with Crippen molar-refractivity contribution in [2.75, 3.05) is 18.5 Å². The number of halogens is 1. The Morgan fingerprint density at radius 1 is 1.21 bits per heavy atom. The molecular weight excluding hydrogens is 371 g/mol. The summed E-state index contributed by atoms with van der Waals surface area (Å²) in [4.78, 5) is 16.8. The van der Waals surface area contributed by atoms with Crippen LogP contribution in [0, 0.1) is 11.7 Å². The lowest BCUT2D eigenvalue weighted by atomic mass is 9.98. The van der Waals surface area contributed by atoms with Gasteiger partial charge in [0.25, 0.3) is 0 Å². The number of amides is 1. The molecular formula is C22H21FN4O2. The smallest absolute Gasteiger partial charge is 0.231 e. The molecule has 4 heterocycles. The molecule has 0 spiro atoms. The number of ether oxygens (including phenoxy) is 1. The van der Waals surface area contributed by atoms with Gasteiger partial charge in [0.05, 0.1) is 12.5 Å². The van der Waals surface area contributed by atoms with Crippen molar-refractivity contribution in [3.05, 3.63) is 54.1 Å². The number of hydrogen-bond acceptors (Lipinski definition) is 4. The van der Waals surface area contributed by atoms with E-state index in [1.807, 2.05) is 16.8 Å². The zero-order valence-corrected chi connectivity index (χ0v) is 15.9. The van der Waals surface area contributed by atoms with Crippen LogP contribution >= 0.6 is 0 Å². The maximum Gasteiger partial charge on any atom is 0.231 e. The molecule has 1 amide bonds. The number of fused-ring (bicyclic) bond motifs is 1. The van der Waals surface area contributed by atoms with Crippen LogP contribution in [-0.4, -0.2) is 33.9 Å². The minimum atomic E-state index is -0.271. The Bertz CT molecular complexity index is 1060. The summed E-state index contributed by atoms with van der Waals surface area (Å²) in [5.74, 6) is 0.0519. The lowest BCUT2D eigenvalue weighted by molar-refractivity contribution is -0.119. The van der Waals surface area contributed by atoms with Gasteiger partial charge in [-0.2, -0.15) is 5.10 Å². The van der Waals surface area contributed by atoms with Crippen molar-refractivity contribution in [3.63, 3.8) is 0 Å². The minimum Gasteiger partial charge on any atom is -0.381 e. The van der Waals surface area contributed by atoms with Crippen molar-refractivity contribution in [1.82, 2.24) is 14.8 Å². The molecule has 7 heteroatoms. The highest BCUT2D eigenvalue weighted by Crippen LogP contribution is 2.38. The molecule has 29 heavy (non-hydrogen) atoms. The van der Waals surface area contributed by atoms with Crippen molar-refractivity contribution in [1.29, 1.82) is 0 Å². The molecule has 2 aliphatic rings. The average molecular weight is 392 g/mol. The number of pyridine rings is 1. The van der Waals surface area contributed by atoms with Gasteiger partial charge in [-0.3, -0.25) is 9.48 Å². The zero-order chi connectivity index (χ0) is 19.8. The molecule has 5 rings (SSSR count). The van der Waals surface area contributed by atoms with Gasteiger partial charge in [-0.25, -0.2) is 9.37 Å². The summed E-state index contributed by atoms with van der Waals surface area (Å²) >= 11 is 0. The summed E-state index contributed by atoms with van der Waals surface area (Å²) in [6.07, 6.45) is 4.42. The molecule has 1 fully saturated rings. The van der Waals surface area contributed by atoms with E-state index in [4.69, 9.17) is 9.84 Å². The first-order chi connectivity index (χ1) is 14.2. The Hall–Kier alpha value is -3.06. The van der Waals surface area contributed by atoms with Crippen molar-refractivity contribution >= 4 is 11.7 Å². The van der Waals surface area contributed by atoms with Crippen molar-refractivity contribution in [3.8, 4) is 22.4 Å². The average Bonchev–Trinajstić information content (AvgIpc) is 3.46. The van der Waals surface area contributed by atoms with Crippen LogP contribution in [0.1, 0.15) is 18.5 Å². The highest BCUT2D eigenvalue weighted by molar-refractivity contribution is 5.93. The van der Waals surface area contributed by atoms with E-state index in [9.17, 15) is 9.18 Å². The normalized spacial score (nSPS) is 18.0. The van der Waals surface area contributed by atoms with Gasteiger partial charge in [0.15, 0.2) is 0 Å². The fourth-order valence-corrected chi connectivity index (χ4v) is 4.07. The Labute approximate surface area is 167 Å². The topological polar surface area (TPSA) is 69.0 Å². The number of carbonyl (C=O) groups is 1. The van der Waals surface area contributed by atoms with E-state index >= 15 is 0 Å². The Morgan fingerprint density at radius 2 is 2.07 bits per heavy atom. The van der Waals surface area contributed by atoms with Crippen LogP contribution in [0.3, 0.4) is 0 Å². The van der Waals surface area contributed by atoms with Gasteiger partial charge >= 0.3 is 0 Å². The fourth-order valence-electron chi connectivity index (χ4n) is 4.07. The van der Waals surface area contributed by atoms with Gasteiger partial charge in [-0.05, 0) is 61.2 Å². The second kappa shape index (κ2) is 7.40. The number of nitrogens with zero attached hydrogens (tertiary/aromatic N) is 3. The maximum absolute atomic E-state index is 13.4. The zero-order valence-electron chi connectivity index (χ0n) is 15.9. The van der Waals surface area contributed by atoms with Crippen LogP contribution in [0.25, 0.3) is 22.4 Å². The molecule has 1 atom stereocenters. The molecule has 3 aromatic rings. The molecule has 1 unspecified atom stereocenters. The van der Waals surface area contributed by atoms with E-state index in [1.165, 1.54) is 12.1 Å². The lowest BCUT2D eigenvalue weighted by Crippen LogP contribution is -2.23. The quantitative estimate of drug-likeness (QED) is 0.736. The molecule has 1 saturated heterocycles. The van der Waals surface area contributed by atoms with Gasteiger partial charge in [0, 0.05) is 36.2 Å². The van der Waals surface area contributed by atoms with E-state index in [0.717, 1.165) is 53.9 Å². The lowest BCUT2D eigenvalue weighted by Gasteiger charge is -2.11. The van der Waals surface area contributed by atoms with Crippen LogP contribution in [0.4, 0.5) is 10.2 Å². The van der Waals surface area contributed by atoms with Crippen LogP contribution in [0.2, 0.25) is 0 Å². The van der Waals surface area contributed by atoms with Gasteiger partial charge < -0.3 is 10.1 Å². The van der Waals surface area contributed by atoms with E-state index in [2.05, 4.69) is 10.3 Å². The molecule has 1 aromatic carbocycles. The first-order valence-electron chi connectivity index (χ1n) is 9.90. The Kier molecular flexibility index (Phi) is 4.60. The van der Waals surface area contributed by atoms with E-state index in [1.54, 1.807) is 18.3 Å². The number of aryl methyl sites for hydroxylation is 1.